The van der Waals surface area contributed by atoms with E-state index in [4.69, 9.17) is 0 Å². The van der Waals surface area contributed by atoms with Crippen molar-refractivity contribution >= 4 is 11.7 Å². The van der Waals surface area contributed by atoms with Gasteiger partial charge in [0.25, 0.3) is 0 Å². The highest BCUT2D eigenvalue weighted by Gasteiger charge is 2.29. The fourth-order valence-electron chi connectivity index (χ4n) is 3.62. The first-order chi connectivity index (χ1) is 12.0. The van der Waals surface area contributed by atoms with E-state index in [2.05, 4.69) is 41.2 Å². The van der Waals surface area contributed by atoms with E-state index in [1.807, 2.05) is 13.1 Å². The zero-order chi connectivity index (χ0) is 18.3. The van der Waals surface area contributed by atoms with Crippen LogP contribution in [0.15, 0.2) is 18.3 Å². The van der Waals surface area contributed by atoms with E-state index in [1.165, 1.54) is 0 Å². The monoisotopic (exact) mass is 347 g/mol. The van der Waals surface area contributed by atoms with E-state index in [-0.39, 0.29) is 23.8 Å². The number of aliphatic hydroxyl groups is 1. The third kappa shape index (κ3) is 5.18. The summed E-state index contributed by atoms with van der Waals surface area (Å²) in [6, 6.07) is 4.14. The highest BCUT2D eigenvalue weighted by Crippen LogP contribution is 2.30. The molecular weight excluding hydrogens is 314 g/mol. The summed E-state index contributed by atoms with van der Waals surface area (Å²) in [6.07, 6.45) is 6.32. The Hall–Kier alpha value is -1.62. The topological polar surface area (TPSA) is 65.5 Å². The van der Waals surface area contributed by atoms with Gasteiger partial charge in [0.15, 0.2) is 0 Å². The van der Waals surface area contributed by atoms with Gasteiger partial charge in [-0.2, -0.15) is 0 Å². The number of amides is 1. The van der Waals surface area contributed by atoms with Crippen molar-refractivity contribution in [3.8, 4) is 0 Å². The molecule has 1 fully saturated rings. The Morgan fingerprint density at radius 3 is 2.52 bits per heavy atom. The van der Waals surface area contributed by atoms with Crippen LogP contribution >= 0.6 is 0 Å². The van der Waals surface area contributed by atoms with E-state index in [9.17, 15) is 9.90 Å². The molecule has 1 aliphatic rings. The van der Waals surface area contributed by atoms with Crippen LogP contribution in [-0.4, -0.2) is 42.2 Å². The van der Waals surface area contributed by atoms with Crippen molar-refractivity contribution in [2.45, 2.75) is 52.9 Å². The van der Waals surface area contributed by atoms with Crippen LogP contribution in [0, 0.1) is 18.3 Å². The average Bonchev–Trinajstić information content (AvgIpc) is 2.66. The molecule has 0 unspecified atom stereocenters. The number of anilines is 1. The predicted octanol–water partition coefficient (Wildman–Crippen LogP) is 2.91. The van der Waals surface area contributed by atoms with Crippen LogP contribution < -0.4 is 10.2 Å². The Bertz CT molecular complexity index is 532. The van der Waals surface area contributed by atoms with Gasteiger partial charge in [0, 0.05) is 38.4 Å². The fourth-order valence-corrected chi connectivity index (χ4v) is 3.62. The van der Waals surface area contributed by atoms with E-state index in [0.29, 0.717) is 6.54 Å². The minimum Gasteiger partial charge on any atom is -0.396 e. The summed E-state index contributed by atoms with van der Waals surface area (Å²) in [4.78, 5) is 19.3. The van der Waals surface area contributed by atoms with Crippen molar-refractivity contribution in [3.05, 3.63) is 23.9 Å². The Balaban J connectivity index is 1.83. The minimum absolute atomic E-state index is 0.0247. The second-order valence-electron chi connectivity index (χ2n) is 7.35. The lowest BCUT2D eigenvalue weighted by molar-refractivity contribution is -0.126. The number of aliphatic hydroxyl groups excluding tert-OH is 1. The summed E-state index contributed by atoms with van der Waals surface area (Å²) in [5, 5.41) is 12.5. The quantitative estimate of drug-likeness (QED) is 0.759. The molecule has 1 aliphatic heterocycles. The fraction of sp³-hybridized carbons (Fsp3) is 0.700. The molecule has 0 spiro atoms. The highest BCUT2D eigenvalue weighted by molar-refractivity contribution is 5.79. The molecule has 0 radical (unpaired) electrons. The van der Waals surface area contributed by atoms with Gasteiger partial charge in [-0.05, 0) is 56.1 Å². The van der Waals surface area contributed by atoms with E-state index in [0.717, 1.165) is 56.6 Å². The van der Waals surface area contributed by atoms with E-state index in [1.54, 1.807) is 0 Å². The molecule has 0 bridgehead atoms. The van der Waals surface area contributed by atoms with Crippen LogP contribution in [0.1, 0.15) is 51.5 Å². The van der Waals surface area contributed by atoms with Crippen LogP contribution in [0.5, 0.6) is 0 Å². The van der Waals surface area contributed by atoms with Crippen LogP contribution in [0.3, 0.4) is 0 Å². The summed E-state index contributed by atoms with van der Waals surface area (Å²) in [6.45, 7) is 8.90. The lowest BCUT2D eigenvalue weighted by atomic mass is 9.79. The van der Waals surface area contributed by atoms with Crippen molar-refractivity contribution in [2.75, 3.05) is 31.1 Å². The van der Waals surface area contributed by atoms with Gasteiger partial charge in [-0.1, -0.05) is 19.9 Å². The zero-order valence-corrected chi connectivity index (χ0v) is 15.9. The van der Waals surface area contributed by atoms with Crippen molar-refractivity contribution in [3.63, 3.8) is 0 Å². The van der Waals surface area contributed by atoms with Gasteiger partial charge in [-0.3, -0.25) is 4.79 Å². The van der Waals surface area contributed by atoms with Gasteiger partial charge in [-0.25, -0.2) is 4.98 Å². The largest absolute Gasteiger partial charge is 0.396 e. The van der Waals surface area contributed by atoms with Gasteiger partial charge < -0.3 is 15.3 Å². The Morgan fingerprint density at radius 1 is 1.32 bits per heavy atom. The van der Waals surface area contributed by atoms with Crippen molar-refractivity contribution in [2.24, 2.45) is 11.3 Å². The molecule has 25 heavy (non-hydrogen) atoms. The first-order valence-electron chi connectivity index (χ1n) is 9.59. The molecule has 5 heteroatoms. The molecule has 1 aromatic rings. The molecule has 0 aromatic carbocycles. The van der Waals surface area contributed by atoms with Crippen LogP contribution in [0.2, 0.25) is 0 Å². The lowest BCUT2D eigenvalue weighted by Gasteiger charge is -2.34. The number of aryl methyl sites for hydroxylation is 1. The molecule has 0 atom stereocenters. The number of rotatable bonds is 8. The molecule has 1 saturated heterocycles. The van der Waals surface area contributed by atoms with Crippen molar-refractivity contribution < 1.29 is 9.90 Å². The number of pyridine rings is 1. The third-order valence-electron chi connectivity index (χ3n) is 5.87. The number of piperidine rings is 1. The number of carbonyl (C=O) groups is 1. The minimum atomic E-state index is 0.0247. The maximum Gasteiger partial charge on any atom is 0.223 e. The SMILES string of the molecule is CCC(CC)(CCO)CNC(=O)C1CCN(c2ccc(C)cn2)CC1. The maximum atomic E-state index is 12.6. The smallest absolute Gasteiger partial charge is 0.223 e. The number of aromatic nitrogens is 1. The summed E-state index contributed by atoms with van der Waals surface area (Å²) in [5.74, 6) is 1.26. The first kappa shape index (κ1) is 19.7. The van der Waals surface area contributed by atoms with Gasteiger partial charge >= 0.3 is 0 Å². The molecule has 1 amide bonds. The first-order valence-corrected chi connectivity index (χ1v) is 9.59. The molecule has 5 nitrogen and oxygen atoms in total. The Morgan fingerprint density at radius 2 is 2.00 bits per heavy atom. The second-order valence-corrected chi connectivity index (χ2v) is 7.35. The molecule has 0 aliphatic carbocycles. The van der Waals surface area contributed by atoms with Gasteiger partial charge in [-0.15, -0.1) is 0 Å². The molecule has 2 heterocycles. The number of nitrogens with zero attached hydrogens (tertiary/aromatic N) is 2. The van der Waals surface area contributed by atoms with E-state index >= 15 is 0 Å². The zero-order valence-electron chi connectivity index (χ0n) is 15.9. The standard InChI is InChI=1S/C20H33N3O2/c1-4-20(5-2,10-13-24)15-22-19(25)17-8-11-23(12-9-17)18-7-6-16(3)14-21-18/h6-7,14,17,24H,4-5,8-13,15H2,1-3H3,(H,22,25). The molecular formula is C20H33N3O2. The third-order valence-corrected chi connectivity index (χ3v) is 5.87. The predicted molar refractivity (Wildman–Crippen MR) is 102 cm³/mol. The number of hydrogen-bond donors (Lipinski definition) is 2. The molecule has 2 N–H and O–H groups in total. The molecule has 140 valence electrons. The summed E-state index contributed by atoms with van der Waals surface area (Å²) in [5.41, 5.74) is 1.19. The van der Waals surface area contributed by atoms with Crippen LogP contribution in [0.25, 0.3) is 0 Å². The van der Waals surface area contributed by atoms with Crippen molar-refractivity contribution in [1.82, 2.24) is 10.3 Å². The molecule has 2 rings (SSSR count). The number of hydrogen-bond acceptors (Lipinski definition) is 4. The van der Waals surface area contributed by atoms with Gasteiger partial charge in [0.2, 0.25) is 5.91 Å². The molecule has 0 saturated carbocycles. The summed E-state index contributed by atoms with van der Waals surface area (Å²) in [7, 11) is 0. The van der Waals surface area contributed by atoms with Gasteiger partial charge in [0.05, 0.1) is 0 Å². The normalized spacial score (nSPS) is 16.1. The van der Waals surface area contributed by atoms with E-state index < -0.39 is 0 Å². The Labute approximate surface area is 151 Å². The average molecular weight is 348 g/mol. The Kier molecular flexibility index (Phi) is 7.24. The highest BCUT2D eigenvalue weighted by atomic mass is 16.3. The van der Waals surface area contributed by atoms with Crippen molar-refractivity contribution in [1.29, 1.82) is 0 Å². The summed E-state index contributed by atoms with van der Waals surface area (Å²) < 4.78 is 0. The molecule has 1 aromatic heterocycles. The van der Waals surface area contributed by atoms with Crippen LogP contribution in [0.4, 0.5) is 5.82 Å². The maximum absolute atomic E-state index is 12.6. The summed E-state index contributed by atoms with van der Waals surface area (Å²) >= 11 is 0. The number of nitrogens with one attached hydrogen (secondary N) is 1. The van der Waals surface area contributed by atoms with Gasteiger partial charge in [0.1, 0.15) is 5.82 Å². The number of carbonyl (C=O) groups excluding carboxylic acids is 1. The second kappa shape index (κ2) is 9.18. The lowest BCUT2D eigenvalue weighted by Crippen LogP contribution is -2.44. The van der Waals surface area contributed by atoms with Crippen LogP contribution in [-0.2, 0) is 4.79 Å².